The van der Waals surface area contributed by atoms with Crippen LogP contribution in [0, 0.1) is 0 Å². The van der Waals surface area contributed by atoms with E-state index in [-0.39, 0.29) is 22.3 Å². The van der Waals surface area contributed by atoms with Crippen molar-refractivity contribution in [3.05, 3.63) is 64.7 Å². The third-order valence-electron chi connectivity index (χ3n) is 4.48. The van der Waals surface area contributed by atoms with Gasteiger partial charge in [0.05, 0.1) is 29.0 Å². The minimum atomic E-state index is -0.513. The summed E-state index contributed by atoms with van der Waals surface area (Å²) in [5.41, 5.74) is 1.23. The molecule has 2 aromatic carbocycles. The standard InChI is InChI=1S/C21H20N2O5/c1-3-4-11-28-21(27)15-7-5-6-8-17(15)22-18(24)13-9-10-14-16(12-13)20(26)23(2)19(14)25/h5-10,12H,3-4,11H2,1-2H3,(H,22,24). The molecule has 0 unspecified atom stereocenters. The SMILES string of the molecule is CCCCOC(=O)c1ccccc1NC(=O)c1ccc2c(c1)C(=O)N(C)C2=O. The maximum atomic E-state index is 12.6. The molecule has 7 heteroatoms. The minimum absolute atomic E-state index is 0.187. The third kappa shape index (κ3) is 3.64. The molecule has 1 heterocycles. The minimum Gasteiger partial charge on any atom is -0.462 e. The molecule has 0 bridgehead atoms. The molecule has 3 amide bonds. The second-order valence-electron chi connectivity index (χ2n) is 6.42. The highest BCUT2D eigenvalue weighted by Gasteiger charge is 2.33. The van der Waals surface area contributed by atoms with Crippen LogP contribution in [0.2, 0.25) is 0 Å². The molecule has 0 saturated heterocycles. The van der Waals surface area contributed by atoms with Crippen molar-refractivity contribution in [3.8, 4) is 0 Å². The Morgan fingerprint density at radius 1 is 1.04 bits per heavy atom. The van der Waals surface area contributed by atoms with Gasteiger partial charge in [0.2, 0.25) is 0 Å². The number of benzene rings is 2. The molecule has 0 saturated carbocycles. The zero-order valence-electron chi connectivity index (χ0n) is 15.7. The molecule has 0 fully saturated rings. The highest BCUT2D eigenvalue weighted by molar-refractivity contribution is 6.22. The summed E-state index contributed by atoms with van der Waals surface area (Å²) in [4.78, 5) is 50.0. The molecule has 0 atom stereocenters. The maximum absolute atomic E-state index is 12.6. The van der Waals surface area contributed by atoms with Gasteiger partial charge in [0, 0.05) is 12.6 Å². The normalized spacial score (nSPS) is 12.7. The molecule has 7 nitrogen and oxygen atoms in total. The molecular formula is C21H20N2O5. The number of hydrogen-bond donors (Lipinski definition) is 1. The van der Waals surface area contributed by atoms with Crippen LogP contribution in [0.1, 0.15) is 61.2 Å². The topological polar surface area (TPSA) is 92.8 Å². The summed E-state index contributed by atoms with van der Waals surface area (Å²) >= 11 is 0. The molecule has 0 radical (unpaired) electrons. The van der Waals surface area contributed by atoms with Gasteiger partial charge in [-0.25, -0.2) is 4.79 Å². The van der Waals surface area contributed by atoms with Crippen molar-refractivity contribution in [1.82, 2.24) is 4.90 Å². The fourth-order valence-corrected chi connectivity index (χ4v) is 2.85. The van der Waals surface area contributed by atoms with E-state index in [9.17, 15) is 19.2 Å². The molecule has 1 aliphatic rings. The number of imide groups is 1. The molecule has 0 spiro atoms. The van der Waals surface area contributed by atoms with Crippen molar-refractivity contribution in [2.45, 2.75) is 19.8 Å². The number of amides is 3. The lowest BCUT2D eigenvalue weighted by molar-refractivity contribution is 0.0500. The van der Waals surface area contributed by atoms with Crippen molar-refractivity contribution in [2.75, 3.05) is 19.0 Å². The maximum Gasteiger partial charge on any atom is 0.340 e. The van der Waals surface area contributed by atoms with Gasteiger partial charge in [-0.2, -0.15) is 0 Å². The largest absolute Gasteiger partial charge is 0.462 e. The molecule has 28 heavy (non-hydrogen) atoms. The number of rotatable bonds is 6. The van der Waals surface area contributed by atoms with E-state index in [1.165, 1.54) is 25.2 Å². The Labute approximate surface area is 162 Å². The Bertz CT molecular complexity index is 967. The van der Waals surface area contributed by atoms with E-state index in [0.29, 0.717) is 12.3 Å². The van der Waals surface area contributed by atoms with E-state index < -0.39 is 23.7 Å². The summed E-state index contributed by atoms with van der Waals surface area (Å²) in [6, 6.07) is 10.9. The Kier molecular flexibility index (Phi) is 5.54. The molecule has 2 aromatic rings. The van der Waals surface area contributed by atoms with Crippen LogP contribution in [0.15, 0.2) is 42.5 Å². The summed E-state index contributed by atoms with van der Waals surface area (Å²) in [6.45, 7) is 2.31. The number of esters is 1. The molecule has 1 N–H and O–H groups in total. The summed E-state index contributed by atoms with van der Waals surface area (Å²) in [7, 11) is 1.39. The number of nitrogens with zero attached hydrogens (tertiary/aromatic N) is 1. The molecule has 3 rings (SSSR count). The van der Waals surface area contributed by atoms with Crippen LogP contribution in [-0.2, 0) is 4.74 Å². The van der Waals surface area contributed by atoms with Crippen LogP contribution in [-0.4, -0.2) is 42.2 Å². The van der Waals surface area contributed by atoms with Gasteiger partial charge in [0.25, 0.3) is 17.7 Å². The monoisotopic (exact) mass is 380 g/mol. The van der Waals surface area contributed by atoms with Crippen molar-refractivity contribution in [3.63, 3.8) is 0 Å². The second kappa shape index (κ2) is 8.04. The van der Waals surface area contributed by atoms with Gasteiger partial charge in [-0.05, 0) is 36.8 Å². The van der Waals surface area contributed by atoms with E-state index in [4.69, 9.17) is 4.74 Å². The zero-order valence-corrected chi connectivity index (χ0v) is 15.7. The summed E-state index contributed by atoms with van der Waals surface area (Å²) in [5.74, 6) is -1.85. The van der Waals surface area contributed by atoms with Crippen LogP contribution in [0.5, 0.6) is 0 Å². The van der Waals surface area contributed by atoms with Crippen molar-refractivity contribution < 1.29 is 23.9 Å². The summed E-state index contributed by atoms with van der Waals surface area (Å²) in [5, 5.41) is 2.68. The fourth-order valence-electron chi connectivity index (χ4n) is 2.85. The lowest BCUT2D eigenvalue weighted by Gasteiger charge is -2.11. The van der Waals surface area contributed by atoms with Gasteiger partial charge in [-0.15, -0.1) is 0 Å². The van der Waals surface area contributed by atoms with E-state index in [1.807, 2.05) is 6.92 Å². The van der Waals surface area contributed by atoms with Crippen molar-refractivity contribution >= 4 is 29.4 Å². The van der Waals surface area contributed by atoms with Crippen LogP contribution in [0.3, 0.4) is 0 Å². The van der Waals surface area contributed by atoms with E-state index in [1.54, 1.807) is 24.3 Å². The van der Waals surface area contributed by atoms with Gasteiger partial charge in [-0.3, -0.25) is 19.3 Å². The molecule has 1 aliphatic heterocycles. The number of ether oxygens (including phenoxy) is 1. The number of hydrogen-bond acceptors (Lipinski definition) is 5. The third-order valence-corrected chi connectivity index (χ3v) is 4.48. The average Bonchev–Trinajstić information content (AvgIpc) is 2.92. The molecule has 0 aromatic heterocycles. The number of unbranched alkanes of at least 4 members (excludes halogenated alkanes) is 1. The molecular weight excluding hydrogens is 360 g/mol. The number of carbonyl (C=O) groups is 4. The summed E-state index contributed by atoms with van der Waals surface area (Å²) in [6.07, 6.45) is 1.66. The van der Waals surface area contributed by atoms with E-state index in [2.05, 4.69) is 5.32 Å². The molecule has 144 valence electrons. The van der Waals surface area contributed by atoms with Gasteiger partial charge < -0.3 is 10.1 Å². The Hall–Kier alpha value is -3.48. The Morgan fingerprint density at radius 2 is 1.75 bits per heavy atom. The zero-order chi connectivity index (χ0) is 20.3. The first-order valence-electron chi connectivity index (χ1n) is 8.98. The van der Waals surface area contributed by atoms with Gasteiger partial charge in [0.15, 0.2) is 0 Å². The smallest absolute Gasteiger partial charge is 0.340 e. The first-order chi connectivity index (χ1) is 13.4. The quantitative estimate of drug-likeness (QED) is 0.472. The fraction of sp³-hybridized carbons (Fsp3) is 0.238. The van der Waals surface area contributed by atoms with Crippen molar-refractivity contribution in [1.29, 1.82) is 0 Å². The average molecular weight is 380 g/mol. The number of nitrogens with one attached hydrogen (secondary N) is 1. The van der Waals surface area contributed by atoms with E-state index in [0.717, 1.165) is 17.7 Å². The highest BCUT2D eigenvalue weighted by atomic mass is 16.5. The number of anilines is 1. The van der Waals surface area contributed by atoms with Gasteiger partial charge in [0.1, 0.15) is 0 Å². The van der Waals surface area contributed by atoms with Crippen LogP contribution in [0.25, 0.3) is 0 Å². The van der Waals surface area contributed by atoms with Crippen LogP contribution < -0.4 is 5.32 Å². The first kappa shape index (κ1) is 19.3. The number of fused-ring (bicyclic) bond motifs is 1. The van der Waals surface area contributed by atoms with Crippen molar-refractivity contribution in [2.24, 2.45) is 0 Å². The lowest BCUT2D eigenvalue weighted by Crippen LogP contribution is -2.24. The number of para-hydroxylation sites is 1. The second-order valence-corrected chi connectivity index (χ2v) is 6.42. The lowest BCUT2D eigenvalue weighted by atomic mass is 10.0. The Morgan fingerprint density at radius 3 is 2.50 bits per heavy atom. The predicted octanol–water partition coefficient (Wildman–Crippen LogP) is 3.12. The van der Waals surface area contributed by atoms with E-state index >= 15 is 0 Å². The predicted molar refractivity (Wildman–Crippen MR) is 102 cm³/mol. The summed E-state index contributed by atoms with van der Waals surface area (Å²) < 4.78 is 5.22. The molecule has 0 aliphatic carbocycles. The van der Waals surface area contributed by atoms with Crippen LogP contribution in [0.4, 0.5) is 5.69 Å². The number of carbonyl (C=O) groups excluding carboxylic acids is 4. The van der Waals surface area contributed by atoms with Gasteiger partial charge >= 0.3 is 5.97 Å². The van der Waals surface area contributed by atoms with Gasteiger partial charge in [-0.1, -0.05) is 25.5 Å². The highest BCUT2D eigenvalue weighted by Crippen LogP contribution is 2.24. The Balaban J connectivity index is 1.81. The van der Waals surface area contributed by atoms with Crippen LogP contribution >= 0.6 is 0 Å². The first-order valence-corrected chi connectivity index (χ1v) is 8.98.